The molecular weight excluding hydrogens is 382 g/mol. The molecule has 0 N–H and O–H groups in total. The molecule has 1 aromatic heterocycles. The van der Waals surface area contributed by atoms with Crippen LogP contribution in [-0.2, 0) is 0 Å². The summed E-state index contributed by atoms with van der Waals surface area (Å²) in [6, 6.07) is 11.9. The number of rotatable bonds is 8. The van der Waals surface area contributed by atoms with Crippen molar-refractivity contribution >= 4 is 40.4 Å². The number of methoxy groups -OCH3 is 2. The van der Waals surface area contributed by atoms with Gasteiger partial charge in [-0.05, 0) is 56.1 Å². The molecule has 0 aliphatic carbocycles. The van der Waals surface area contributed by atoms with E-state index in [9.17, 15) is 5.26 Å². The second-order valence-electron chi connectivity index (χ2n) is 6.14. The Bertz CT molecular complexity index is 812. The molecule has 0 saturated carbocycles. The van der Waals surface area contributed by atoms with Crippen LogP contribution in [0.4, 0.5) is 5.00 Å². The Morgan fingerprint density at radius 2 is 1.78 bits per heavy atom. The van der Waals surface area contributed by atoms with Crippen LogP contribution in [0.15, 0.2) is 30.3 Å². The normalized spacial score (nSPS) is 10.9. The average molecular weight is 408 g/mol. The third-order valence-corrected chi connectivity index (χ3v) is 5.12. The van der Waals surface area contributed by atoms with Crippen molar-refractivity contribution in [2.24, 2.45) is 0 Å². The van der Waals surface area contributed by atoms with Gasteiger partial charge in [-0.2, -0.15) is 5.26 Å². The van der Waals surface area contributed by atoms with Crippen LogP contribution >= 0.6 is 23.7 Å². The summed E-state index contributed by atoms with van der Waals surface area (Å²) >= 11 is 1.67. The SMILES string of the molecule is COc1ccc(/C(C#N)=C/c2ccc(N(C)CCN(C)C)s2)cc1OC.Cl. The monoisotopic (exact) mass is 407 g/mol. The Morgan fingerprint density at radius 3 is 2.37 bits per heavy atom. The molecule has 0 unspecified atom stereocenters. The summed E-state index contributed by atoms with van der Waals surface area (Å²) in [4.78, 5) is 5.43. The summed E-state index contributed by atoms with van der Waals surface area (Å²) in [6.45, 7) is 1.95. The van der Waals surface area contributed by atoms with E-state index in [4.69, 9.17) is 9.47 Å². The fourth-order valence-corrected chi connectivity index (χ4v) is 3.35. The minimum absolute atomic E-state index is 0. The van der Waals surface area contributed by atoms with E-state index in [2.05, 4.69) is 43.1 Å². The molecule has 2 rings (SSSR count). The Morgan fingerprint density at radius 1 is 1.07 bits per heavy atom. The summed E-state index contributed by atoms with van der Waals surface area (Å²) < 4.78 is 10.6. The molecule has 1 heterocycles. The number of hydrogen-bond donors (Lipinski definition) is 0. The lowest BCUT2D eigenvalue weighted by Gasteiger charge is -2.19. The lowest BCUT2D eigenvalue weighted by molar-refractivity contribution is 0.355. The van der Waals surface area contributed by atoms with Crippen molar-refractivity contribution < 1.29 is 9.47 Å². The van der Waals surface area contributed by atoms with Crippen LogP contribution in [0.3, 0.4) is 0 Å². The Hall–Kier alpha value is -2.20. The first kappa shape index (κ1) is 22.8. The zero-order chi connectivity index (χ0) is 19.1. The van der Waals surface area contributed by atoms with Gasteiger partial charge in [0.1, 0.15) is 0 Å². The number of benzene rings is 1. The first-order valence-corrected chi connectivity index (χ1v) is 9.10. The predicted molar refractivity (Wildman–Crippen MR) is 116 cm³/mol. The first-order valence-electron chi connectivity index (χ1n) is 8.28. The Kier molecular flexibility index (Phi) is 9.16. The van der Waals surface area contributed by atoms with Gasteiger partial charge in [0.25, 0.3) is 0 Å². The molecule has 7 heteroatoms. The molecule has 0 aliphatic heterocycles. The van der Waals surface area contributed by atoms with E-state index in [-0.39, 0.29) is 12.4 Å². The van der Waals surface area contributed by atoms with Crippen LogP contribution in [0.5, 0.6) is 11.5 Å². The molecule has 5 nitrogen and oxygen atoms in total. The van der Waals surface area contributed by atoms with E-state index in [1.165, 1.54) is 5.00 Å². The summed E-state index contributed by atoms with van der Waals surface area (Å²) in [6.07, 6.45) is 1.91. The molecule has 0 amide bonds. The summed E-state index contributed by atoms with van der Waals surface area (Å²) in [5, 5.41) is 10.8. The van der Waals surface area contributed by atoms with Crippen molar-refractivity contribution in [3.8, 4) is 17.6 Å². The maximum Gasteiger partial charge on any atom is 0.161 e. The predicted octanol–water partition coefficient (Wildman–Crippen LogP) is 4.25. The van der Waals surface area contributed by atoms with Crippen molar-refractivity contribution in [1.82, 2.24) is 4.90 Å². The molecule has 0 atom stereocenters. The van der Waals surface area contributed by atoms with E-state index in [1.807, 2.05) is 30.3 Å². The van der Waals surface area contributed by atoms with E-state index in [0.717, 1.165) is 23.5 Å². The number of likely N-dealkylation sites (N-methyl/N-ethyl adjacent to an activating group) is 2. The summed E-state index contributed by atoms with van der Waals surface area (Å²) in [5.41, 5.74) is 1.40. The van der Waals surface area contributed by atoms with Crippen molar-refractivity contribution in [2.75, 3.05) is 53.4 Å². The van der Waals surface area contributed by atoms with Gasteiger partial charge in [0.15, 0.2) is 11.5 Å². The van der Waals surface area contributed by atoms with Gasteiger partial charge in [-0.15, -0.1) is 23.7 Å². The second-order valence-corrected chi connectivity index (χ2v) is 7.23. The molecule has 0 radical (unpaired) electrons. The van der Waals surface area contributed by atoms with Crippen molar-refractivity contribution in [1.29, 1.82) is 5.26 Å². The molecule has 0 aliphatic rings. The van der Waals surface area contributed by atoms with E-state index >= 15 is 0 Å². The number of hydrogen-bond acceptors (Lipinski definition) is 6. The number of nitrogens with zero attached hydrogens (tertiary/aromatic N) is 3. The van der Waals surface area contributed by atoms with Gasteiger partial charge in [0, 0.05) is 25.0 Å². The van der Waals surface area contributed by atoms with Crippen LogP contribution in [0.1, 0.15) is 10.4 Å². The summed E-state index contributed by atoms with van der Waals surface area (Å²) in [7, 11) is 9.41. The van der Waals surface area contributed by atoms with Crippen LogP contribution < -0.4 is 14.4 Å². The van der Waals surface area contributed by atoms with Crippen molar-refractivity contribution in [3.63, 3.8) is 0 Å². The van der Waals surface area contributed by atoms with Gasteiger partial charge in [0.05, 0.1) is 30.9 Å². The van der Waals surface area contributed by atoms with Crippen LogP contribution in [0.2, 0.25) is 0 Å². The van der Waals surface area contributed by atoms with Gasteiger partial charge in [-0.1, -0.05) is 0 Å². The number of ether oxygens (including phenoxy) is 2. The molecule has 0 spiro atoms. The first-order chi connectivity index (χ1) is 12.5. The smallest absolute Gasteiger partial charge is 0.161 e. The maximum atomic E-state index is 9.59. The van der Waals surface area contributed by atoms with E-state index < -0.39 is 0 Å². The van der Waals surface area contributed by atoms with Gasteiger partial charge >= 0.3 is 0 Å². The molecule has 1 aromatic carbocycles. The minimum Gasteiger partial charge on any atom is -0.493 e. The minimum atomic E-state index is 0. The molecule has 0 bridgehead atoms. The number of thiophene rings is 1. The molecular formula is C20H26ClN3O2S. The van der Waals surface area contributed by atoms with Crippen LogP contribution in [-0.4, -0.2) is 53.4 Å². The van der Waals surface area contributed by atoms with Crippen molar-refractivity contribution in [2.45, 2.75) is 0 Å². The van der Waals surface area contributed by atoms with Gasteiger partial charge in [-0.25, -0.2) is 0 Å². The molecule has 146 valence electrons. The van der Waals surface area contributed by atoms with Gasteiger partial charge in [0.2, 0.25) is 0 Å². The van der Waals surface area contributed by atoms with E-state index in [0.29, 0.717) is 17.1 Å². The highest BCUT2D eigenvalue weighted by atomic mass is 35.5. The zero-order valence-electron chi connectivity index (χ0n) is 16.4. The van der Waals surface area contributed by atoms with Crippen molar-refractivity contribution in [3.05, 3.63) is 40.8 Å². The lowest BCUT2D eigenvalue weighted by atomic mass is 10.1. The average Bonchev–Trinajstić information content (AvgIpc) is 3.12. The number of anilines is 1. The topological polar surface area (TPSA) is 48.7 Å². The molecule has 0 fully saturated rings. The highest BCUT2D eigenvalue weighted by Gasteiger charge is 2.10. The number of halogens is 1. The second kappa shape index (κ2) is 10.8. The quantitative estimate of drug-likeness (QED) is 0.612. The Balaban J connectivity index is 0.00000364. The zero-order valence-corrected chi connectivity index (χ0v) is 18.0. The highest BCUT2D eigenvalue weighted by molar-refractivity contribution is 7.17. The lowest BCUT2D eigenvalue weighted by Crippen LogP contribution is -2.27. The fraction of sp³-hybridized carbons (Fsp3) is 0.350. The summed E-state index contributed by atoms with van der Waals surface area (Å²) in [5.74, 6) is 1.26. The standard InChI is InChI=1S/C20H25N3O2S.ClH/c1-22(2)10-11-23(3)20-9-7-17(26-20)12-16(14-21)15-6-8-18(24-4)19(13-15)25-5;/h6-9,12-13H,10-11H2,1-5H3;1H/b16-12+;. The van der Waals surface area contributed by atoms with Gasteiger partial charge in [-0.3, -0.25) is 0 Å². The fourth-order valence-electron chi connectivity index (χ4n) is 2.41. The third-order valence-electron chi connectivity index (χ3n) is 3.97. The number of nitriles is 1. The maximum absolute atomic E-state index is 9.59. The molecule has 2 aromatic rings. The molecule has 0 saturated heterocycles. The highest BCUT2D eigenvalue weighted by Crippen LogP contribution is 2.32. The van der Waals surface area contributed by atoms with Crippen LogP contribution in [0.25, 0.3) is 11.6 Å². The number of allylic oxidation sites excluding steroid dienone is 1. The third kappa shape index (κ3) is 6.17. The van der Waals surface area contributed by atoms with Crippen LogP contribution in [0, 0.1) is 11.3 Å². The largest absolute Gasteiger partial charge is 0.493 e. The molecule has 27 heavy (non-hydrogen) atoms. The van der Waals surface area contributed by atoms with Gasteiger partial charge < -0.3 is 19.3 Å². The van der Waals surface area contributed by atoms with E-state index in [1.54, 1.807) is 25.6 Å². The Labute approximate surface area is 171 Å².